The first-order valence-corrected chi connectivity index (χ1v) is 5.33. The zero-order valence-electron chi connectivity index (χ0n) is 9.02. The van der Waals surface area contributed by atoms with Crippen molar-refractivity contribution in [2.45, 2.75) is 26.3 Å². The normalized spacial score (nSPS) is 11.4. The number of halogens is 1. The Labute approximate surface area is 104 Å². The average Bonchev–Trinajstić information content (AvgIpc) is 2.50. The number of amides is 1. The predicted octanol–water partition coefficient (Wildman–Crippen LogP) is 1.44. The highest BCUT2D eigenvalue weighted by Crippen LogP contribution is 2.18. The van der Waals surface area contributed by atoms with Crippen LogP contribution in [0.4, 0.5) is 5.13 Å². The number of nitrogens with two attached hydrogens (primary N) is 1. The standard InChI is InChI=1S/C9H13N3O2S.ClH/c1-5(10)3-8(14)12-9-11-4-7(15-9)6(2)13;/h4-5H,3,10H2,1-2H3,(H,11,12,14);1H. The van der Waals surface area contributed by atoms with Crippen LogP contribution in [0.2, 0.25) is 0 Å². The van der Waals surface area contributed by atoms with Gasteiger partial charge in [0.2, 0.25) is 5.91 Å². The molecule has 0 saturated heterocycles. The predicted molar refractivity (Wildman–Crippen MR) is 66.3 cm³/mol. The number of anilines is 1. The lowest BCUT2D eigenvalue weighted by atomic mass is 10.2. The lowest BCUT2D eigenvalue weighted by molar-refractivity contribution is -0.116. The molecule has 1 atom stereocenters. The molecular formula is C9H14ClN3O2S. The van der Waals surface area contributed by atoms with E-state index in [1.165, 1.54) is 13.1 Å². The highest BCUT2D eigenvalue weighted by Gasteiger charge is 2.10. The molecule has 0 aliphatic rings. The number of ketones is 1. The van der Waals surface area contributed by atoms with E-state index >= 15 is 0 Å². The number of carbonyl (C=O) groups is 2. The third-order valence-electron chi connectivity index (χ3n) is 1.61. The molecule has 0 radical (unpaired) electrons. The van der Waals surface area contributed by atoms with Gasteiger partial charge in [0.1, 0.15) is 0 Å². The second-order valence-electron chi connectivity index (χ2n) is 3.32. The Morgan fingerprint density at radius 1 is 1.62 bits per heavy atom. The monoisotopic (exact) mass is 263 g/mol. The summed E-state index contributed by atoms with van der Waals surface area (Å²) in [4.78, 5) is 26.7. The van der Waals surface area contributed by atoms with Gasteiger partial charge in [-0.15, -0.1) is 12.4 Å². The number of nitrogens with zero attached hydrogens (tertiary/aromatic N) is 1. The number of aromatic nitrogens is 1. The van der Waals surface area contributed by atoms with Crippen molar-refractivity contribution in [3.63, 3.8) is 0 Å². The molecule has 0 aliphatic carbocycles. The molecule has 1 rings (SSSR count). The van der Waals surface area contributed by atoms with E-state index in [4.69, 9.17) is 5.73 Å². The first-order chi connectivity index (χ1) is 6.99. The number of thiazole rings is 1. The van der Waals surface area contributed by atoms with Crippen molar-refractivity contribution in [2.75, 3.05) is 5.32 Å². The van der Waals surface area contributed by atoms with Crippen LogP contribution in [0.5, 0.6) is 0 Å². The Balaban J connectivity index is 0.00000225. The molecule has 0 spiro atoms. The van der Waals surface area contributed by atoms with Gasteiger partial charge in [0.05, 0.1) is 11.1 Å². The van der Waals surface area contributed by atoms with Crippen LogP contribution in [0.25, 0.3) is 0 Å². The van der Waals surface area contributed by atoms with Crippen LogP contribution in [0.3, 0.4) is 0 Å². The SMILES string of the molecule is CC(=O)c1cnc(NC(=O)CC(C)N)s1.Cl. The van der Waals surface area contributed by atoms with Crippen molar-refractivity contribution in [3.8, 4) is 0 Å². The van der Waals surface area contributed by atoms with Crippen LogP contribution >= 0.6 is 23.7 Å². The molecule has 1 aromatic heterocycles. The first-order valence-electron chi connectivity index (χ1n) is 4.51. The lowest BCUT2D eigenvalue weighted by Gasteiger charge is -2.03. The van der Waals surface area contributed by atoms with E-state index < -0.39 is 0 Å². The molecule has 1 heterocycles. The van der Waals surface area contributed by atoms with Gasteiger partial charge in [-0.2, -0.15) is 0 Å². The number of Topliss-reactive ketones (excluding diaryl/α,β-unsaturated/α-hetero) is 1. The second kappa shape index (κ2) is 6.57. The zero-order valence-corrected chi connectivity index (χ0v) is 10.7. The van der Waals surface area contributed by atoms with Crippen LogP contribution in [0.1, 0.15) is 29.9 Å². The molecule has 1 unspecified atom stereocenters. The number of hydrogen-bond donors (Lipinski definition) is 2. The molecule has 7 heteroatoms. The second-order valence-corrected chi connectivity index (χ2v) is 4.35. The Bertz CT molecular complexity index is 379. The average molecular weight is 264 g/mol. The fraction of sp³-hybridized carbons (Fsp3) is 0.444. The van der Waals surface area contributed by atoms with E-state index in [0.29, 0.717) is 10.0 Å². The van der Waals surface area contributed by atoms with Gasteiger partial charge in [-0.05, 0) is 6.92 Å². The molecule has 1 amide bonds. The van der Waals surface area contributed by atoms with Gasteiger partial charge >= 0.3 is 0 Å². The third-order valence-corrected chi connectivity index (χ3v) is 2.62. The maximum absolute atomic E-state index is 11.3. The summed E-state index contributed by atoms with van der Waals surface area (Å²) in [5.41, 5.74) is 5.47. The van der Waals surface area contributed by atoms with Crippen LogP contribution in [0.15, 0.2) is 6.20 Å². The Hall–Kier alpha value is -0.980. The van der Waals surface area contributed by atoms with Crippen molar-refractivity contribution in [1.82, 2.24) is 4.98 Å². The first kappa shape index (κ1) is 15.0. The zero-order chi connectivity index (χ0) is 11.4. The van der Waals surface area contributed by atoms with Crippen LogP contribution < -0.4 is 11.1 Å². The summed E-state index contributed by atoms with van der Waals surface area (Å²) in [5, 5.41) is 3.02. The number of carbonyl (C=O) groups excluding carboxylic acids is 2. The van der Waals surface area contributed by atoms with Gasteiger partial charge in [-0.3, -0.25) is 9.59 Å². The Morgan fingerprint density at radius 3 is 2.69 bits per heavy atom. The molecule has 90 valence electrons. The molecular weight excluding hydrogens is 250 g/mol. The minimum atomic E-state index is -0.186. The summed E-state index contributed by atoms with van der Waals surface area (Å²) in [6, 6.07) is -0.183. The molecule has 0 aliphatic heterocycles. The summed E-state index contributed by atoms with van der Waals surface area (Å²) in [6.45, 7) is 3.21. The van der Waals surface area contributed by atoms with Gasteiger partial charge in [0.15, 0.2) is 10.9 Å². The molecule has 0 saturated carbocycles. The fourth-order valence-electron chi connectivity index (χ4n) is 0.957. The van der Waals surface area contributed by atoms with Crippen molar-refractivity contribution in [2.24, 2.45) is 5.73 Å². The van der Waals surface area contributed by atoms with E-state index in [2.05, 4.69) is 10.3 Å². The van der Waals surface area contributed by atoms with E-state index in [-0.39, 0.29) is 36.6 Å². The summed E-state index contributed by atoms with van der Waals surface area (Å²) >= 11 is 1.16. The van der Waals surface area contributed by atoms with E-state index in [9.17, 15) is 9.59 Å². The van der Waals surface area contributed by atoms with Gasteiger partial charge < -0.3 is 11.1 Å². The van der Waals surface area contributed by atoms with Crippen LogP contribution in [0, 0.1) is 0 Å². The number of hydrogen-bond acceptors (Lipinski definition) is 5. The van der Waals surface area contributed by atoms with Crippen molar-refractivity contribution >= 4 is 40.6 Å². The Morgan fingerprint density at radius 2 is 2.25 bits per heavy atom. The van der Waals surface area contributed by atoms with Gasteiger partial charge in [-0.1, -0.05) is 11.3 Å². The molecule has 0 fully saturated rings. The van der Waals surface area contributed by atoms with E-state index in [0.717, 1.165) is 11.3 Å². The van der Waals surface area contributed by atoms with Gasteiger partial charge in [0, 0.05) is 19.4 Å². The molecule has 0 bridgehead atoms. The minimum Gasteiger partial charge on any atom is -0.327 e. The number of rotatable bonds is 4. The summed E-state index contributed by atoms with van der Waals surface area (Å²) in [5.74, 6) is -0.241. The summed E-state index contributed by atoms with van der Waals surface area (Å²) < 4.78 is 0. The molecule has 16 heavy (non-hydrogen) atoms. The topological polar surface area (TPSA) is 85.1 Å². The van der Waals surface area contributed by atoms with Crippen molar-refractivity contribution in [1.29, 1.82) is 0 Å². The van der Waals surface area contributed by atoms with Gasteiger partial charge in [-0.25, -0.2) is 4.98 Å². The van der Waals surface area contributed by atoms with E-state index in [1.54, 1.807) is 6.92 Å². The molecule has 1 aromatic rings. The van der Waals surface area contributed by atoms with Crippen LogP contribution in [-0.4, -0.2) is 22.7 Å². The molecule has 3 N–H and O–H groups in total. The highest BCUT2D eigenvalue weighted by atomic mass is 35.5. The van der Waals surface area contributed by atoms with Crippen LogP contribution in [-0.2, 0) is 4.79 Å². The quantitative estimate of drug-likeness (QED) is 0.805. The van der Waals surface area contributed by atoms with E-state index in [1.807, 2.05) is 0 Å². The third kappa shape index (κ3) is 4.69. The summed E-state index contributed by atoms with van der Waals surface area (Å²) in [6.07, 6.45) is 1.70. The number of nitrogens with one attached hydrogen (secondary N) is 1. The maximum Gasteiger partial charge on any atom is 0.227 e. The largest absolute Gasteiger partial charge is 0.327 e. The highest BCUT2D eigenvalue weighted by molar-refractivity contribution is 7.17. The fourth-order valence-corrected chi connectivity index (χ4v) is 1.69. The Kier molecular flexibility index (Phi) is 6.17. The lowest BCUT2D eigenvalue weighted by Crippen LogP contribution is -2.23. The minimum absolute atomic E-state index is 0. The van der Waals surface area contributed by atoms with Crippen molar-refractivity contribution < 1.29 is 9.59 Å². The van der Waals surface area contributed by atoms with Gasteiger partial charge in [0.25, 0.3) is 0 Å². The summed E-state index contributed by atoms with van der Waals surface area (Å²) in [7, 11) is 0. The molecule has 5 nitrogen and oxygen atoms in total. The van der Waals surface area contributed by atoms with Crippen molar-refractivity contribution in [3.05, 3.63) is 11.1 Å². The maximum atomic E-state index is 11.3. The molecule has 0 aromatic carbocycles. The smallest absolute Gasteiger partial charge is 0.227 e.